The number of nitrogens with two attached hydrogens (primary N) is 1. The molecule has 3 rings (SSSR count). The first-order valence-electron chi connectivity index (χ1n) is 9.34. The summed E-state index contributed by atoms with van der Waals surface area (Å²) in [6.07, 6.45) is 1.03. The van der Waals surface area contributed by atoms with E-state index in [9.17, 15) is 21.6 Å². The maximum absolute atomic E-state index is 13.2. The van der Waals surface area contributed by atoms with Crippen LogP contribution in [0.15, 0.2) is 29.2 Å². The number of likely N-dealkylation sites (tertiary alicyclic amines) is 1. The molecule has 0 aliphatic carbocycles. The van der Waals surface area contributed by atoms with Crippen molar-refractivity contribution in [3.63, 3.8) is 0 Å². The average Bonchev–Trinajstić information content (AvgIpc) is 2.99. The standard InChI is InChI=1S/C18H26N2O6S2/c1-2-26-14-3-5-15(6-4-14)28(24,25)17-12-27(22,23)11-16(17)20-9-7-13(8-10-20)18(19)21/h3-6,13,16-17H,2,7-12H2,1H3,(H2,19,21). The Morgan fingerprint density at radius 3 is 2.32 bits per heavy atom. The number of nitrogens with zero attached hydrogens (tertiary/aromatic N) is 1. The fourth-order valence-electron chi connectivity index (χ4n) is 4.02. The number of piperidine rings is 1. The summed E-state index contributed by atoms with van der Waals surface area (Å²) in [5, 5.41) is -1.03. The minimum absolute atomic E-state index is 0.0927. The number of carbonyl (C=O) groups is 1. The predicted molar refractivity (Wildman–Crippen MR) is 105 cm³/mol. The van der Waals surface area contributed by atoms with Gasteiger partial charge in [-0.1, -0.05) is 0 Å². The fraction of sp³-hybridized carbons (Fsp3) is 0.611. The molecule has 2 N–H and O–H groups in total. The van der Waals surface area contributed by atoms with Crippen molar-refractivity contribution in [3.05, 3.63) is 24.3 Å². The SMILES string of the molecule is CCOc1ccc(S(=O)(=O)C2CS(=O)(=O)CC2N2CCC(C(N)=O)CC2)cc1. The van der Waals surface area contributed by atoms with Gasteiger partial charge in [0.15, 0.2) is 19.7 Å². The number of ether oxygens (including phenoxy) is 1. The highest BCUT2D eigenvalue weighted by atomic mass is 32.2. The number of primary amides is 1. The van der Waals surface area contributed by atoms with Crippen molar-refractivity contribution in [3.8, 4) is 5.75 Å². The van der Waals surface area contributed by atoms with Gasteiger partial charge < -0.3 is 10.5 Å². The Labute approximate surface area is 165 Å². The van der Waals surface area contributed by atoms with Crippen LogP contribution in [0.5, 0.6) is 5.75 Å². The quantitative estimate of drug-likeness (QED) is 0.685. The highest BCUT2D eigenvalue weighted by Crippen LogP contribution is 2.32. The molecule has 2 heterocycles. The van der Waals surface area contributed by atoms with E-state index >= 15 is 0 Å². The van der Waals surface area contributed by atoms with Gasteiger partial charge in [-0.3, -0.25) is 9.69 Å². The third kappa shape index (κ3) is 4.33. The van der Waals surface area contributed by atoms with E-state index in [0.717, 1.165) is 0 Å². The normalized spacial score (nSPS) is 26.2. The van der Waals surface area contributed by atoms with Crippen LogP contribution in [0.4, 0.5) is 0 Å². The molecule has 2 saturated heterocycles. The van der Waals surface area contributed by atoms with E-state index in [1.54, 1.807) is 12.1 Å². The number of amides is 1. The Morgan fingerprint density at radius 2 is 1.79 bits per heavy atom. The molecule has 28 heavy (non-hydrogen) atoms. The van der Waals surface area contributed by atoms with Crippen molar-refractivity contribution in [2.75, 3.05) is 31.2 Å². The minimum Gasteiger partial charge on any atom is -0.494 e. The Bertz CT molecular complexity index is 919. The van der Waals surface area contributed by atoms with Gasteiger partial charge in [0.25, 0.3) is 0 Å². The van der Waals surface area contributed by atoms with E-state index < -0.39 is 31.0 Å². The fourth-order valence-corrected chi connectivity index (χ4v) is 8.85. The summed E-state index contributed by atoms with van der Waals surface area (Å²) in [6.45, 7) is 3.22. The molecule has 2 fully saturated rings. The lowest BCUT2D eigenvalue weighted by atomic mass is 9.95. The van der Waals surface area contributed by atoms with Crippen molar-refractivity contribution < 1.29 is 26.4 Å². The van der Waals surface area contributed by atoms with E-state index in [-0.39, 0.29) is 28.2 Å². The van der Waals surface area contributed by atoms with Gasteiger partial charge in [0, 0.05) is 12.0 Å². The summed E-state index contributed by atoms with van der Waals surface area (Å²) < 4.78 is 56.4. The van der Waals surface area contributed by atoms with Crippen LogP contribution in [0.25, 0.3) is 0 Å². The first-order chi connectivity index (χ1) is 13.1. The zero-order valence-corrected chi connectivity index (χ0v) is 17.4. The molecular formula is C18H26N2O6S2. The largest absolute Gasteiger partial charge is 0.494 e. The van der Waals surface area contributed by atoms with Crippen LogP contribution in [0, 0.1) is 5.92 Å². The molecule has 1 aromatic carbocycles. The molecular weight excluding hydrogens is 404 g/mol. The lowest BCUT2D eigenvalue weighted by Crippen LogP contribution is -2.50. The number of sulfone groups is 2. The number of hydrogen-bond donors (Lipinski definition) is 1. The molecule has 1 aromatic rings. The van der Waals surface area contributed by atoms with Crippen molar-refractivity contribution in [2.45, 2.75) is 36.0 Å². The van der Waals surface area contributed by atoms with Crippen LogP contribution in [0.2, 0.25) is 0 Å². The van der Waals surface area contributed by atoms with Gasteiger partial charge in [0.2, 0.25) is 5.91 Å². The molecule has 2 aliphatic rings. The number of benzene rings is 1. The first-order valence-corrected chi connectivity index (χ1v) is 12.7. The van der Waals surface area contributed by atoms with E-state index in [1.165, 1.54) is 12.1 Å². The molecule has 0 bridgehead atoms. The summed E-state index contributed by atoms with van der Waals surface area (Å²) in [7, 11) is -7.31. The topological polar surface area (TPSA) is 124 Å². The molecule has 2 aliphatic heterocycles. The molecule has 2 atom stereocenters. The lowest BCUT2D eigenvalue weighted by Gasteiger charge is -2.36. The summed E-state index contributed by atoms with van der Waals surface area (Å²) in [4.78, 5) is 13.4. The summed E-state index contributed by atoms with van der Waals surface area (Å²) >= 11 is 0. The predicted octanol–water partition coefficient (Wildman–Crippen LogP) is 0.222. The molecule has 8 nitrogen and oxygen atoms in total. The van der Waals surface area contributed by atoms with E-state index in [1.807, 2.05) is 11.8 Å². The van der Waals surface area contributed by atoms with Gasteiger partial charge in [0.1, 0.15) is 5.75 Å². The molecule has 0 aromatic heterocycles. The average molecular weight is 431 g/mol. The molecule has 0 spiro atoms. The second kappa shape index (κ2) is 8.00. The third-order valence-electron chi connectivity index (χ3n) is 5.53. The van der Waals surface area contributed by atoms with Crippen molar-refractivity contribution in [2.24, 2.45) is 11.7 Å². The Hall–Kier alpha value is -1.65. The highest BCUT2D eigenvalue weighted by molar-refractivity contribution is 7.96. The van der Waals surface area contributed by atoms with Crippen LogP contribution in [0.1, 0.15) is 19.8 Å². The van der Waals surface area contributed by atoms with E-state index in [4.69, 9.17) is 10.5 Å². The summed E-state index contributed by atoms with van der Waals surface area (Å²) in [5.41, 5.74) is 5.36. The van der Waals surface area contributed by atoms with Crippen LogP contribution < -0.4 is 10.5 Å². The second-order valence-electron chi connectivity index (χ2n) is 7.34. The van der Waals surface area contributed by atoms with Gasteiger partial charge in [-0.05, 0) is 57.1 Å². The molecule has 1 amide bonds. The van der Waals surface area contributed by atoms with Crippen LogP contribution in [-0.4, -0.2) is 70.1 Å². The summed E-state index contributed by atoms with van der Waals surface area (Å²) in [5.74, 6) is -0.615. The number of rotatable bonds is 6. The molecule has 2 unspecified atom stereocenters. The van der Waals surface area contributed by atoms with Gasteiger partial charge in [-0.2, -0.15) is 0 Å². The van der Waals surface area contributed by atoms with E-state index in [0.29, 0.717) is 38.3 Å². The second-order valence-corrected chi connectivity index (χ2v) is 11.7. The monoisotopic (exact) mass is 430 g/mol. The van der Waals surface area contributed by atoms with Gasteiger partial charge in [0.05, 0.1) is 28.3 Å². The molecule has 0 radical (unpaired) electrons. The molecule has 0 saturated carbocycles. The lowest BCUT2D eigenvalue weighted by molar-refractivity contribution is -0.123. The van der Waals surface area contributed by atoms with Crippen molar-refractivity contribution in [1.82, 2.24) is 4.90 Å². The maximum Gasteiger partial charge on any atom is 0.220 e. The summed E-state index contributed by atoms with van der Waals surface area (Å²) in [6, 6.07) is 5.46. The Morgan fingerprint density at radius 1 is 1.18 bits per heavy atom. The zero-order chi connectivity index (χ0) is 20.5. The minimum atomic E-state index is -3.84. The highest BCUT2D eigenvalue weighted by Gasteiger charge is 2.48. The van der Waals surface area contributed by atoms with Gasteiger partial charge in [-0.25, -0.2) is 16.8 Å². The van der Waals surface area contributed by atoms with Gasteiger partial charge >= 0.3 is 0 Å². The van der Waals surface area contributed by atoms with Crippen molar-refractivity contribution in [1.29, 1.82) is 0 Å². The zero-order valence-electron chi connectivity index (χ0n) is 15.8. The van der Waals surface area contributed by atoms with Crippen LogP contribution >= 0.6 is 0 Å². The Kier molecular flexibility index (Phi) is 6.02. The first kappa shape index (κ1) is 21.1. The Balaban J connectivity index is 1.84. The smallest absolute Gasteiger partial charge is 0.220 e. The van der Waals surface area contributed by atoms with Crippen molar-refractivity contribution >= 4 is 25.6 Å². The number of carbonyl (C=O) groups excluding carboxylic acids is 1. The van der Waals surface area contributed by atoms with Gasteiger partial charge in [-0.15, -0.1) is 0 Å². The number of hydrogen-bond acceptors (Lipinski definition) is 7. The third-order valence-corrected chi connectivity index (χ3v) is 9.67. The van der Waals surface area contributed by atoms with E-state index in [2.05, 4.69) is 0 Å². The maximum atomic E-state index is 13.2. The molecule has 156 valence electrons. The molecule has 10 heteroatoms. The van der Waals surface area contributed by atoms with Crippen LogP contribution in [-0.2, 0) is 24.5 Å². The van der Waals surface area contributed by atoms with Crippen LogP contribution in [0.3, 0.4) is 0 Å².